The summed E-state index contributed by atoms with van der Waals surface area (Å²) < 4.78 is 28.2. The highest BCUT2D eigenvalue weighted by atomic mass is 32.2. The van der Waals surface area contributed by atoms with Crippen molar-refractivity contribution in [2.45, 2.75) is 13.8 Å². The lowest BCUT2D eigenvalue weighted by atomic mass is 10.2. The maximum atomic E-state index is 9.56. The van der Waals surface area contributed by atoms with Gasteiger partial charge in [0.25, 0.3) is 10.1 Å². The Morgan fingerprint density at radius 1 is 1.24 bits per heavy atom. The summed E-state index contributed by atoms with van der Waals surface area (Å²) in [4.78, 5) is 8.79. The fourth-order valence-corrected chi connectivity index (χ4v) is 2.56. The van der Waals surface area contributed by atoms with Crippen molar-refractivity contribution >= 4 is 42.6 Å². The summed E-state index contributed by atoms with van der Waals surface area (Å²) in [6.07, 6.45) is 1.85. The van der Waals surface area contributed by atoms with E-state index in [1.165, 1.54) is 17.0 Å². The number of aryl methyl sites for hydroxylation is 1. The molecule has 3 rings (SSSR count). The third-order valence-electron chi connectivity index (χ3n) is 2.60. The lowest BCUT2D eigenvalue weighted by Crippen LogP contribution is -1.97. The Labute approximate surface area is 126 Å². The predicted molar refractivity (Wildman–Crippen MR) is 85.4 cm³/mol. The molecule has 8 heteroatoms. The summed E-state index contributed by atoms with van der Waals surface area (Å²) in [7, 11) is -3.66. The van der Waals surface area contributed by atoms with Gasteiger partial charge < -0.3 is 5.48 Å². The number of aromatic nitrogens is 2. The maximum Gasteiger partial charge on any atom is 0.264 e. The fourth-order valence-electron chi connectivity index (χ4n) is 1.63. The zero-order chi connectivity index (χ0) is 14.8. The number of hydrogen-bond donors (Lipinski definition) is 1. The molecule has 0 aliphatic rings. The average Bonchev–Trinajstić information content (AvgIpc) is 2.79. The Morgan fingerprint density at radius 2 is 1.86 bits per heavy atom. The van der Waals surface area contributed by atoms with Gasteiger partial charge in [-0.25, -0.2) is 4.98 Å². The average molecular weight is 328 g/mol. The van der Waals surface area contributed by atoms with E-state index in [0.717, 1.165) is 16.0 Å². The normalized spacial score (nSPS) is 10.8. The maximum absolute atomic E-state index is 9.56. The van der Waals surface area contributed by atoms with Gasteiger partial charge in [0.15, 0.2) is 0 Å². The highest BCUT2D eigenvalue weighted by molar-refractivity contribution is 7.85. The van der Waals surface area contributed by atoms with Crippen LogP contribution < -0.4 is 0 Å². The summed E-state index contributed by atoms with van der Waals surface area (Å²) in [5, 5.41) is 2.30. The van der Waals surface area contributed by atoms with Crippen molar-refractivity contribution in [1.82, 2.24) is 9.97 Å². The van der Waals surface area contributed by atoms with Crippen LogP contribution in [0.25, 0.3) is 21.1 Å². The van der Waals surface area contributed by atoms with Crippen LogP contribution in [0.2, 0.25) is 0 Å². The van der Waals surface area contributed by atoms with Crippen LogP contribution in [-0.4, -0.2) is 34.2 Å². The van der Waals surface area contributed by atoms with E-state index in [1.807, 2.05) is 31.3 Å². The van der Waals surface area contributed by atoms with Crippen LogP contribution in [-0.2, 0) is 10.1 Å². The molecule has 114 valence electrons. The first kappa shape index (κ1) is 17.4. The highest BCUT2D eigenvalue weighted by Gasteiger charge is 2.04. The Balaban J connectivity index is 0.000000275. The topological polar surface area (TPSA) is 112 Å². The van der Waals surface area contributed by atoms with E-state index in [4.69, 9.17) is 4.55 Å². The van der Waals surface area contributed by atoms with Crippen LogP contribution in [0.15, 0.2) is 30.5 Å². The van der Waals surface area contributed by atoms with Gasteiger partial charge in [-0.15, -0.1) is 11.3 Å². The van der Waals surface area contributed by atoms with Gasteiger partial charge in [0, 0.05) is 5.39 Å². The number of thiazole rings is 1. The van der Waals surface area contributed by atoms with Gasteiger partial charge in [-0.05, 0) is 19.9 Å². The van der Waals surface area contributed by atoms with Crippen LogP contribution >= 0.6 is 11.3 Å². The largest absolute Gasteiger partial charge is 0.412 e. The number of pyridine rings is 1. The first-order valence-corrected chi connectivity index (χ1v) is 8.39. The van der Waals surface area contributed by atoms with Crippen LogP contribution in [0.5, 0.6) is 0 Å². The molecule has 0 radical (unpaired) electrons. The van der Waals surface area contributed by atoms with Crippen LogP contribution in [0, 0.1) is 6.92 Å². The number of hydrogen-bond acceptors (Lipinski definition) is 5. The van der Waals surface area contributed by atoms with Crippen molar-refractivity contribution in [3.05, 3.63) is 35.5 Å². The Morgan fingerprint density at radius 3 is 2.48 bits per heavy atom. The van der Waals surface area contributed by atoms with Gasteiger partial charge in [0.1, 0.15) is 5.52 Å². The zero-order valence-corrected chi connectivity index (χ0v) is 13.2. The lowest BCUT2D eigenvalue weighted by molar-refractivity contribution is 0.484. The number of fused-ring (bicyclic) bond motifs is 3. The fraction of sp³-hybridized carbons (Fsp3) is 0.231. The molecule has 0 amide bonds. The third-order valence-corrected chi connectivity index (χ3v) is 4.35. The van der Waals surface area contributed by atoms with Gasteiger partial charge in [-0.1, -0.05) is 18.2 Å². The van der Waals surface area contributed by atoms with Crippen molar-refractivity contribution < 1.29 is 18.4 Å². The minimum Gasteiger partial charge on any atom is -0.412 e. The Hall–Kier alpha value is -1.61. The molecule has 0 aliphatic heterocycles. The summed E-state index contributed by atoms with van der Waals surface area (Å²) in [5.41, 5.74) is 2.05. The van der Waals surface area contributed by atoms with Crippen molar-refractivity contribution in [1.29, 1.82) is 0 Å². The third kappa shape index (κ3) is 4.43. The minimum atomic E-state index is -3.66. The van der Waals surface area contributed by atoms with Crippen LogP contribution in [0.1, 0.15) is 11.9 Å². The second-order valence-electron chi connectivity index (χ2n) is 4.09. The van der Waals surface area contributed by atoms with E-state index < -0.39 is 10.1 Å². The minimum absolute atomic E-state index is 0. The van der Waals surface area contributed by atoms with Crippen LogP contribution in [0.4, 0.5) is 0 Å². The Bertz CT molecular complexity index is 844. The number of para-hydroxylation sites is 1. The molecule has 3 aromatic rings. The number of nitrogens with zero attached hydrogens (tertiary/aromatic N) is 2. The van der Waals surface area contributed by atoms with Crippen molar-refractivity contribution in [3.8, 4) is 0 Å². The molecule has 0 atom stereocenters. The molecule has 1 aromatic carbocycles. The van der Waals surface area contributed by atoms with Crippen molar-refractivity contribution in [2.24, 2.45) is 0 Å². The highest BCUT2D eigenvalue weighted by Crippen LogP contribution is 2.28. The molecule has 2 heterocycles. The van der Waals surface area contributed by atoms with Crippen LogP contribution in [0.3, 0.4) is 0 Å². The molecular formula is C13H16N2O4S2. The lowest BCUT2D eigenvalue weighted by Gasteiger charge is -1.95. The molecule has 0 unspecified atom stereocenters. The SMILES string of the molecule is CCS(=O)(=O)O.Cc1nc2cnc3ccccc3c2s1.O. The summed E-state index contributed by atoms with van der Waals surface area (Å²) in [6, 6.07) is 8.18. The summed E-state index contributed by atoms with van der Waals surface area (Å²) in [5.74, 6) is -0.201. The summed E-state index contributed by atoms with van der Waals surface area (Å²) >= 11 is 1.73. The molecule has 6 nitrogen and oxygen atoms in total. The standard InChI is InChI=1S/C11H8N2S.C2H6O3S.H2O/c1-7-13-10-6-12-9-5-3-2-4-8(9)11(10)14-7;1-2-6(3,4)5;/h2-6H,1H3;2H2,1H3,(H,3,4,5);1H2. The van der Waals surface area contributed by atoms with E-state index >= 15 is 0 Å². The monoisotopic (exact) mass is 328 g/mol. The van der Waals surface area contributed by atoms with E-state index in [-0.39, 0.29) is 11.2 Å². The van der Waals surface area contributed by atoms with E-state index in [1.54, 1.807) is 11.3 Å². The Kier molecular flexibility index (Phi) is 5.73. The van der Waals surface area contributed by atoms with Gasteiger partial charge in [-0.3, -0.25) is 9.54 Å². The van der Waals surface area contributed by atoms with E-state index in [0.29, 0.717) is 0 Å². The van der Waals surface area contributed by atoms with Gasteiger partial charge in [-0.2, -0.15) is 8.42 Å². The van der Waals surface area contributed by atoms with Crippen molar-refractivity contribution in [3.63, 3.8) is 0 Å². The quantitative estimate of drug-likeness (QED) is 0.688. The molecule has 0 saturated heterocycles. The van der Waals surface area contributed by atoms with E-state index in [9.17, 15) is 8.42 Å². The predicted octanol–water partition coefficient (Wildman–Crippen LogP) is 2.22. The molecule has 0 saturated carbocycles. The second kappa shape index (κ2) is 6.90. The van der Waals surface area contributed by atoms with Gasteiger partial charge in [0.05, 0.1) is 27.2 Å². The molecule has 0 aliphatic carbocycles. The van der Waals surface area contributed by atoms with E-state index in [2.05, 4.69) is 16.0 Å². The molecule has 0 spiro atoms. The molecule has 2 aromatic heterocycles. The number of rotatable bonds is 1. The molecule has 21 heavy (non-hydrogen) atoms. The second-order valence-corrected chi connectivity index (χ2v) is 7.04. The smallest absolute Gasteiger partial charge is 0.264 e. The molecule has 0 fully saturated rings. The van der Waals surface area contributed by atoms with Gasteiger partial charge >= 0.3 is 0 Å². The summed E-state index contributed by atoms with van der Waals surface area (Å²) in [6.45, 7) is 3.40. The first-order chi connectivity index (χ1) is 9.40. The first-order valence-electron chi connectivity index (χ1n) is 5.96. The molecular weight excluding hydrogens is 312 g/mol. The van der Waals surface area contributed by atoms with Gasteiger partial charge in [0.2, 0.25) is 0 Å². The zero-order valence-electron chi connectivity index (χ0n) is 11.6. The number of benzene rings is 1. The molecule has 0 bridgehead atoms. The molecule has 3 N–H and O–H groups in total. The van der Waals surface area contributed by atoms with Crippen molar-refractivity contribution in [2.75, 3.05) is 5.75 Å².